The average molecular weight is 210 g/mol. The molecule has 3 heteroatoms. The third-order valence-corrected chi connectivity index (χ3v) is 4.38. The van der Waals surface area contributed by atoms with Crippen molar-refractivity contribution in [2.45, 2.75) is 33.1 Å². The molecule has 3 saturated carbocycles. The van der Waals surface area contributed by atoms with E-state index in [1.165, 1.54) is 7.11 Å². The summed E-state index contributed by atoms with van der Waals surface area (Å²) in [4.78, 5) is 23.5. The van der Waals surface area contributed by atoms with Crippen LogP contribution in [0.1, 0.15) is 33.1 Å². The first kappa shape index (κ1) is 10.7. The first-order valence-corrected chi connectivity index (χ1v) is 5.60. The Kier molecular flexibility index (Phi) is 2.36. The van der Waals surface area contributed by atoms with Gasteiger partial charge in [0, 0.05) is 12.3 Å². The highest BCUT2D eigenvalue weighted by atomic mass is 16.5. The molecule has 4 unspecified atom stereocenters. The average Bonchev–Trinajstić information content (AvgIpc) is 2.15. The molecule has 0 amide bonds. The third-order valence-electron chi connectivity index (χ3n) is 4.38. The Morgan fingerprint density at radius 3 is 2.67 bits per heavy atom. The number of carbonyl (C=O) groups is 2. The summed E-state index contributed by atoms with van der Waals surface area (Å²) in [6.45, 7) is 4.07. The van der Waals surface area contributed by atoms with Gasteiger partial charge in [0.1, 0.15) is 5.78 Å². The number of esters is 1. The van der Waals surface area contributed by atoms with E-state index in [1.807, 2.05) is 6.92 Å². The summed E-state index contributed by atoms with van der Waals surface area (Å²) in [5, 5.41) is 0. The summed E-state index contributed by atoms with van der Waals surface area (Å²) in [6.07, 6.45) is 2.49. The molecular formula is C12H18O3. The van der Waals surface area contributed by atoms with Gasteiger partial charge in [-0.15, -0.1) is 0 Å². The van der Waals surface area contributed by atoms with Crippen LogP contribution in [0.4, 0.5) is 0 Å². The predicted octanol–water partition coefficient (Wildman–Crippen LogP) is 1.80. The fourth-order valence-electron chi connectivity index (χ4n) is 3.58. The lowest BCUT2D eigenvalue weighted by molar-refractivity contribution is -0.166. The fourth-order valence-corrected chi connectivity index (χ4v) is 3.58. The van der Waals surface area contributed by atoms with Crippen LogP contribution in [-0.4, -0.2) is 18.9 Å². The largest absolute Gasteiger partial charge is 0.469 e. The Morgan fingerprint density at radius 2 is 2.20 bits per heavy atom. The monoisotopic (exact) mass is 210 g/mol. The lowest BCUT2D eigenvalue weighted by atomic mass is 9.51. The van der Waals surface area contributed by atoms with E-state index in [0.29, 0.717) is 12.2 Å². The van der Waals surface area contributed by atoms with Crippen LogP contribution < -0.4 is 0 Å². The van der Waals surface area contributed by atoms with Crippen molar-refractivity contribution in [3.63, 3.8) is 0 Å². The molecule has 3 aliphatic rings. The molecule has 15 heavy (non-hydrogen) atoms. The van der Waals surface area contributed by atoms with Crippen molar-refractivity contribution >= 4 is 11.8 Å². The van der Waals surface area contributed by atoms with Gasteiger partial charge in [-0.05, 0) is 24.2 Å². The predicted molar refractivity (Wildman–Crippen MR) is 55.1 cm³/mol. The van der Waals surface area contributed by atoms with Gasteiger partial charge in [0.05, 0.1) is 13.0 Å². The van der Waals surface area contributed by atoms with E-state index in [-0.39, 0.29) is 29.1 Å². The molecule has 4 atom stereocenters. The van der Waals surface area contributed by atoms with Gasteiger partial charge in [0.15, 0.2) is 0 Å². The number of hydrogen-bond donors (Lipinski definition) is 0. The van der Waals surface area contributed by atoms with Crippen LogP contribution in [-0.2, 0) is 14.3 Å². The van der Waals surface area contributed by atoms with Crippen LogP contribution in [0, 0.1) is 23.2 Å². The number of ketones is 1. The van der Waals surface area contributed by atoms with Crippen molar-refractivity contribution in [2.75, 3.05) is 7.11 Å². The number of Topliss-reactive ketones (excluding diaryl/α,β-unsaturated/α-hetero) is 1. The summed E-state index contributed by atoms with van der Waals surface area (Å²) in [7, 11) is 1.43. The minimum atomic E-state index is -0.154. The van der Waals surface area contributed by atoms with Crippen molar-refractivity contribution in [1.82, 2.24) is 0 Å². The number of ether oxygens (including phenoxy) is 1. The maximum Gasteiger partial charge on any atom is 0.309 e. The minimum absolute atomic E-state index is 0.0843. The second kappa shape index (κ2) is 3.32. The Morgan fingerprint density at radius 1 is 1.53 bits per heavy atom. The van der Waals surface area contributed by atoms with Crippen LogP contribution >= 0.6 is 0 Å². The van der Waals surface area contributed by atoms with Gasteiger partial charge in [-0.25, -0.2) is 0 Å². The molecule has 84 valence electrons. The molecule has 0 N–H and O–H groups in total. The molecule has 0 aromatic carbocycles. The van der Waals surface area contributed by atoms with Crippen LogP contribution in [0.15, 0.2) is 0 Å². The first-order valence-electron chi connectivity index (χ1n) is 5.60. The zero-order valence-corrected chi connectivity index (χ0v) is 9.58. The number of hydrogen-bond acceptors (Lipinski definition) is 3. The molecule has 0 heterocycles. The van der Waals surface area contributed by atoms with Crippen LogP contribution in [0.5, 0.6) is 0 Å². The number of methoxy groups -OCH3 is 1. The molecular weight excluding hydrogens is 192 g/mol. The van der Waals surface area contributed by atoms with E-state index in [1.54, 1.807) is 0 Å². The molecule has 3 fully saturated rings. The van der Waals surface area contributed by atoms with Crippen molar-refractivity contribution in [3.8, 4) is 0 Å². The first-order chi connectivity index (χ1) is 6.99. The van der Waals surface area contributed by atoms with Gasteiger partial charge in [-0.1, -0.05) is 13.8 Å². The summed E-state index contributed by atoms with van der Waals surface area (Å²) >= 11 is 0. The highest BCUT2D eigenvalue weighted by Crippen LogP contribution is 2.55. The summed E-state index contributed by atoms with van der Waals surface area (Å²) in [6, 6.07) is 0. The molecule has 0 aliphatic heterocycles. The van der Waals surface area contributed by atoms with E-state index in [0.717, 1.165) is 12.8 Å². The van der Waals surface area contributed by atoms with Crippen molar-refractivity contribution in [2.24, 2.45) is 23.2 Å². The maximum absolute atomic E-state index is 11.8. The van der Waals surface area contributed by atoms with E-state index >= 15 is 0 Å². The maximum atomic E-state index is 11.8. The van der Waals surface area contributed by atoms with Crippen molar-refractivity contribution < 1.29 is 14.3 Å². The Hall–Kier alpha value is -0.860. The summed E-state index contributed by atoms with van der Waals surface area (Å²) < 4.78 is 4.86. The third kappa shape index (κ3) is 1.40. The molecule has 0 saturated heterocycles. The van der Waals surface area contributed by atoms with Gasteiger partial charge < -0.3 is 4.74 Å². The van der Waals surface area contributed by atoms with Gasteiger partial charge in [0.2, 0.25) is 0 Å². The molecule has 3 rings (SSSR count). The normalized spacial score (nSPS) is 44.2. The summed E-state index contributed by atoms with van der Waals surface area (Å²) in [5.74, 6) is 0.367. The summed E-state index contributed by atoms with van der Waals surface area (Å²) in [5.41, 5.74) is -0.154. The Balaban J connectivity index is 2.33. The van der Waals surface area contributed by atoms with E-state index < -0.39 is 0 Å². The fraction of sp³-hybridized carbons (Fsp3) is 0.833. The van der Waals surface area contributed by atoms with Crippen molar-refractivity contribution in [3.05, 3.63) is 0 Å². The quantitative estimate of drug-likeness (QED) is 0.620. The Labute approximate surface area is 90.2 Å². The number of fused-ring (bicyclic) bond motifs is 3. The van der Waals surface area contributed by atoms with Gasteiger partial charge in [-0.3, -0.25) is 9.59 Å². The lowest BCUT2D eigenvalue weighted by Crippen LogP contribution is -2.53. The molecule has 3 aliphatic carbocycles. The highest BCUT2D eigenvalue weighted by Gasteiger charge is 2.56. The lowest BCUT2D eigenvalue weighted by Gasteiger charge is -2.51. The molecule has 0 radical (unpaired) electrons. The second-order valence-corrected chi connectivity index (χ2v) is 5.30. The zero-order chi connectivity index (χ0) is 11.2. The number of carbonyl (C=O) groups excluding carboxylic acids is 2. The zero-order valence-electron chi connectivity index (χ0n) is 9.58. The van der Waals surface area contributed by atoms with Crippen LogP contribution in [0.2, 0.25) is 0 Å². The van der Waals surface area contributed by atoms with Crippen LogP contribution in [0.25, 0.3) is 0 Å². The minimum Gasteiger partial charge on any atom is -0.469 e. The molecule has 3 nitrogen and oxygen atoms in total. The van der Waals surface area contributed by atoms with Gasteiger partial charge >= 0.3 is 5.97 Å². The topological polar surface area (TPSA) is 43.4 Å². The Bertz CT molecular complexity index is 310. The number of rotatable bonds is 1. The highest BCUT2D eigenvalue weighted by molar-refractivity contribution is 5.87. The molecule has 0 aromatic heterocycles. The molecule has 2 bridgehead atoms. The van der Waals surface area contributed by atoms with Crippen molar-refractivity contribution in [1.29, 1.82) is 0 Å². The van der Waals surface area contributed by atoms with Gasteiger partial charge in [0.25, 0.3) is 0 Å². The molecule has 0 spiro atoms. The molecule has 0 aromatic rings. The van der Waals surface area contributed by atoms with E-state index in [4.69, 9.17) is 4.74 Å². The van der Waals surface area contributed by atoms with E-state index in [9.17, 15) is 9.59 Å². The van der Waals surface area contributed by atoms with Crippen LogP contribution in [0.3, 0.4) is 0 Å². The smallest absolute Gasteiger partial charge is 0.309 e. The SMILES string of the molecule is COC(=O)C1C(C)C2CCC1(C)CC2=O. The second-order valence-electron chi connectivity index (χ2n) is 5.30. The standard InChI is InChI=1S/C12H18O3/c1-7-8-4-5-12(2,6-9(8)13)10(7)11(14)15-3/h7-8,10H,4-6H2,1-3H3. The van der Waals surface area contributed by atoms with E-state index in [2.05, 4.69) is 6.92 Å². The van der Waals surface area contributed by atoms with Gasteiger partial charge in [-0.2, -0.15) is 0 Å².